The van der Waals surface area contributed by atoms with Crippen molar-refractivity contribution in [3.8, 4) is 0 Å². The van der Waals surface area contributed by atoms with E-state index in [1.54, 1.807) is 13.3 Å². The van der Waals surface area contributed by atoms with Crippen molar-refractivity contribution in [1.29, 1.82) is 0 Å². The van der Waals surface area contributed by atoms with E-state index in [-0.39, 0.29) is 5.48 Å². The Hall–Kier alpha value is 1.03. The number of hydrogen-bond acceptors (Lipinski definition) is 1. The monoisotopic (exact) mass is 506 g/mol. The molecule has 0 rings (SSSR count). The Labute approximate surface area is 147 Å². The van der Waals surface area contributed by atoms with Crippen molar-refractivity contribution in [2.45, 2.75) is 84.5 Å². The molecule has 124 valence electrons. The Morgan fingerprint density at radius 3 is 1.35 bits per heavy atom. The van der Waals surface area contributed by atoms with Gasteiger partial charge >= 0.3 is 120 Å². The van der Waals surface area contributed by atoms with Gasteiger partial charge in [-0.15, -0.1) is 0 Å². The maximum Gasteiger partial charge on any atom is -0.412 e. The fourth-order valence-electron chi connectivity index (χ4n) is 1.86. The average molecular weight is 504 g/mol. The summed E-state index contributed by atoms with van der Waals surface area (Å²) in [7, 11) is 0. The average Bonchev–Trinajstić information content (AvgIpc) is 2.31. The van der Waals surface area contributed by atoms with Crippen molar-refractivity contribution in [2.75, 3.05) is 0 Å². The predicted octanol–water partition coefficient (Wildman–Crippen LogP) is 3.82. The van der Waals surface area contributed by atoms with Gasteiger partial charge in [0.05, 0.1) is 0 Å². The first-order chi connectivity index (χ1) is 8.99. The molecule has 0 aromatic carbocycles. The number of aliphatic carboxylic acids is 1. The molecule has 20 heavy (non-hydrogen) atoms. The molecule has 0 aliphatic heterocycles. The van der Waals surface area contributed by atoms with Crippen molar-refractivity contribution in [3.05, 3.63) is 0 Å². The SMILES string of the molecule is CC(=O)O.CCC[CH2][SnH].CC[CH2][SnH]([CH2]CC)[CH2]CC.O. The molecule has 5 heteroatoms. The maximum absolute atomic E-state index is 9.00. The summed E-state index contributed by atoms with van der Waals surface area (Å²) in [5.41, 5.74) is 0. The second kappa shape index (κ2) is 28.2. The molecule has 2 radical (unpaired) electrons. The molecule has 0 aliphatic rings. The van der Waals surface area contributed by atoms with E-state index in [9.17, 15) is 0 Å². The van der Waals surface area contributed by atoms with Crippen molar-refractivity contribution < 1.29 is 15.4 Å². The summed E-state index contributed by atoms with van der Waals surface area (Å²) in [6.45, 7) is 10.3. The number of rotatable bonds is 8. The Morgan fingerprint density at radius 2 is 1.25 bits per heavy atom. The van der Waals surface area contributed by atoms with Crippen LogP contribution in [0.15, 0.2) is 0 Å². The smallest absolute Gasteiger partial charge is 0.412 e. The summed E-state index contributed by atoms with van der Waals surface area (Å²) in [4.78, 5) is 9.00. The third kappa shape index (κ3) is 42.7. The zero-order valence-corrected chi connectivity index (χ0v) is 21.0. The quantitative estimate of drug-likeness (QED) is 0.512. The topological polar surface area (TPSA) is 68.8 Å². The van der Waals surface area contributed by atoms with E-state index in [2.05, 4.69) is 27.7 Å². The summed E-state index contributed by atoms with van der Waals surface area (Å²) in [5, 5.41) is 7.42. The molecule has 0 saturated carbocycles. The van der Waals surface area contributed by atoms with Gasteiger partial charge in [-0.25, -0.2) is 0 Å². The van der Waals surface area contributed by atoms with Crippen LogP contribution in [0.25, 0.3) is 0 Å². The fraction of sp³-hybridized carbons (Fsp3) is 0.933. The number of carboxylic acid groups (broad SMARTS) is 1. The van der Waals surface area contributed by atoms with Crippen molar-refractivity contribution in [2.24, 2.45) is 0 Å². The van der Waals surface area contributed by atoms with Crippen LogP contribution in [0.3, 0.4) is 0 Å². The molecule has 0 aromatic heterocycles. The molecule has 0 spiro atoms. The zero-order valence-electron chi connectivity index (χ0n) is 14.4. The molecule has 0 heterocycles. The van der Waals surface area contributed by atoms with E-state index >= 15 is 0 Å². The zero-order chi connectivity index (χ0) is 15.5. The van der Waals surface area contributed by atoms with Crippen LogP contribution < -0.4 is 0 Å². The van der Waals surface area contributed by atoms with Crippen molar-refractivity contribution >= 4 is 48.3 Å². The predicted molar refractivity (Wildman–Crippen MR) is 96.2 cm³/mol. The minimum absolute atomic E-state index is 0. The molecule has 3 N–H and O–H groups in total. The van der Waals surface area contributed by atoms with Crippen LogP contribution in [0.1, 0.15) is 66.7 Å². The molecule has 0 aliphatic carbocycles. The second-order valence-electron chi connectivity index (χ2n) is 4.89. The summed E-state index contributed by atoms with van der Waals surface area (Å²) in [5.74, 6) is -0.833. The number of carbonyl (C=O) groups is 1. The van der Waals surface area contributed by atoms with Crippen molar-refractivity contribution in [1.82, 2.24) is 0 Å². The maximum atomic E-state index is 9.00. The van der Waals surface area contributed by atoms with Gasteiger partial charge in [-0.2, -0.15) is 0 Å². The summed E-state index contributed by atoms with van der Waals surface area (Å²) >= 11 is 0.571. The molecule has 0 amide bonds. The van der Waals surface area contributed by atoms with Gasteiger partial charge < -0.3 is 10.6 Å². The van der Waals surface area contributed by atoms with E-state index in [0.717, 1.165) is 6.92 Å². The Kier molecular flexibility index (Phi) is 41.1. The van der Waals surface area contributed by atoms with Gasteiger partial charge in [0, 0.05) is 6.92 Å². The molecule has 0 fully saturated rings. The van der Waals surface area contributed by atoms with Gasteiger partial charge in [0.25, 0.3) is 5.97 Å². The van der Waals surface area contributed by atoms with Crippen LogP contribution in [0.4, 0.5) is 0 Å². The molecule has 0 atom stereocenters. The van der Waals surface area contributed by atoms with E-state index in [1.807, 2.05) is 0 Å². The minimum Gasteiger partial charge on any atom is -0.412 e. The first-order valence-corrected chi connectivity index (χ1v) is 17.2. The Bertz CT molecular complexity index is 147. The van der Waals surface area contributed by atoms with Gasteiger partial charge in [-0.3, -0.25) is 4.79 Å². The van der Waals surface area contributed by atoms with Gasteiger partial charge in [0.2, 0.25) is 0 Å². The van der Waals surface area contributed by atoms with Crippen LogP contribution >= 0.6 is 0 Å². The molecular formula is C15H38O3Sn2. The van der Waals surface area contributed by atoms with Gasteiger partial charge in [0.1, 0.15) is 0 Å². The van der Waals surface area contributed by atoms with E-state index in [0.29, 0.717) is 0 Å². The van der Waals surface area contributed by atoms with E-state index in [1.165, 1.54) is 59.1 Å². The number of unbranched alkanes of at least 4 members (excludes halogenated alkanes) is 1. The summed E-state index contributed by atoms with van der Waals surface area (Å²) in [6, 6.07) is 0. The van der Waals surface area contributed by atoms with Crippen LogP contribution in [0.5, 0.6) is 0 Å². The van der Waals surface area contributed by atoms with E-state index < -0.39 is 25.7 Å². The molecule has 0 unspecified atom stereocenters. The second-order valence-corrected chi connectivity index (χ2v) is 16.4. The van der Waals surface area contributed by atoms with Crippen LogP contribution in [-0.4, -0.2) is 58.8 Å². The third-order valence-electron chi connectivity index (χ3n) is 2.65. The molecule has 3 nitrogen and oxygen atoms in total. The number of hydrogen-bond donors (Lipinski definition) is 1. The van der Waals surface area contributed by atoms with E-state index in [4.69, 9.17) is 9.90 Å². The van der Waals surface area contributed by atoms with Crippen LogP contribution in [0, 0.1) is 0 Å². The minimum atomic E-state index is -0.880. The van der Waals surface area contributed by atoms with Gasteiger partial charge in [-0.05, 0) is 0 Å². The molecule has 0 aromatic rings. The summed E-state index contributed by atoms with van der Waals surface area (Å²) < 4.78 is 6.44. The fourth-order valence-corrected chi connectivity index (χ4v) is 12.5. The molecule has 0 bridgehead atoms. The van der Waals surface area contributed by atoms with Crippen molar-refractivity contribution in [3.63, 3.8) is 0 Å². The largest absolute Gasteiger partial charge is 0.412 e. The standard InChI is InChI=1S/C4H9.3C3H7.C2H4O2.H2O.2Sn.2H/c1-3-4-2;3*1-3-2;1-2(3)4;;;;;/h1,3-4H2,2H3;3*1,3H2,2H3;1H3,(H,3,4);1H2;;;;. The number of carboxylic acids is 1. The van der Waals surface area contributed by atoms with Crippen LogP contribution in [-0.2, 0) is 4.79 Å². The molecule has 0 saturated heterocycles. The first kappa shape index (κ1) is 29.1. The Balaban J connectivity index is -0.000000108. The first-order valence-electron chi connectivity index (χ1n) is 7.89. The summed E-state index contributed by atoms with van der Waals surface area (Å²) in [6.07, 6.45) is 7.20. The normalized spacial score (nSPS) is 8.75. The van der Waals surface area contributed by atoms with Gasteiger partial charge in [-0.1, -0.05) is 0 Å². The Morgan fingerprint density at radius 1 is 0.950 bits per heavy atom. The molecular weight excluding hydrogens is 466 g/mol. The van der Waals surface area contributed by atoms with Gasteiger partial charge in [0.15, 0.2) is 0 Å². The third-order valence-corrected chi connectivity index (χ3v) is 15.7. The van der Waals surface area contributed by atoms with Crippen LogP contribution in [0.2, 0.25) is 17.7 Å².